The van der Waals surface area contributed by atoms with Crippen molar-refractivity contribution in [3.63, 3.8) is 0 Å². The van der Waals surface area contributed by atoms with Gasteiger partial charge in [0.25, 0.3) is 0 Å². The van der Waals surface area contributed by atoms with E-state index in [9.17, 15) is 22.0 Å². The van der Waals surface area contributed by atoms with Gasteiger partial charge in [-0.2, -0.15) is 22.0 Å². The van der Waals surface area contributed by atoms with Gasteiger partial charge >= 0.3 is 12.8 Å². The van der Waals surface area contributed by atoms with Crippen LogP contribution in [0.3, 0.4) is 0 Å². The minimum Gasteiger partial charge on any atom is -0.433 e. The van der Waals surface area contributed by atoms with Gasteiger partial charge in [-0.25, -0.2) is 0 Å². The molecular weight excluding hydrogens is 239 g/mol. The third-order valence-electron chi connectivity index (χ3n) is 1.51. The van der Waals surface area contributed by atoms with Crippen LogP contribution in [0.4, 0.5) is 22.0 Å². The van der Waals surface area contributed by atoms with Crippen LogP contribution in [0.25, 0.3) is 0 Å². The first-order valence-corrected chi connectivity index (χ1v) is 4.11. The van der Waals surface area contributed by atoms with Crippen LogP contribution in [0, 0.1) is 0 Å². The van der Waals surface area contributed by atoms with Crippen LogP contribution in [-0.4, -0.2) is 6.61 Å². The predicted molar refractivity (Wildman–Crippen MR) is 45.3 cm³/mol. The fourth-order valence-corrected chi connectivity index (χ4v) is 1.22. The summed E-state index contributed by atoms with van der Waals surface area (Å²) in [6.45, 7) is -3.32. The smallest absolute Gasteiger partial charge is 0.420 e. The van der Waals surface area contributed by atoms with E-state index < -0.39 is 24.1 Å². The number of hydrogen-bond donors (Lipinski definition) is 1. The Kier molecular flexibility index (Phi) is 3.43. The van der Waals surface area contributed by atoms with Crippen molar-refractivity contribution in [2.45, 2.75) is 17.7 Å². The molecule has 0 atom stereocenters. The molecule has 1 rings (SSSR count). The van der Waals surface area contributed by atoms with Crippen LogP contribution in [0.5, 0.6) is 5.75 Å². The Morgan fingerprint density at radius 2 is 1.80 bits per heavy atom. The predicted octanol–water partition coefficient (Wildman–Crippen LogP) is 3.60. The average Bonchev–Trinajstić information content (AvgIpc) is 2.05. The first-order valence-electron chi connectivity index (χ1n) is 3.66. The molecule has 0 saturated heterocycles. The SMILES string of the molecule is FC(F)Oc1c(S)cccc1C(F)(F)F. The zero-order valence-corrected chi connectivity index (χ0v) is 7.95. The van der Waals surface area contributed by atoms with Crippen molar-refractivity contribution in [2.75, 3.05) is 0 Å². The molecule has 0 amide bonds. The zero-order chi connectivity index (χ0) is 11.6. The number of rotatable bonds is 2. The van der Waals surface area contributed by atoms with Gasteiger partial charge < -0.3 is 4.74 Å². The van der Waals surface area contributed by atoms with Gasteiger partial charge in [0, 0.05) is 4.90 Å². The second-order valence-corrected chi connectivity index (χ2v) is 3.01. The minimum absolute atomic E-state index is 0.287. The topological polar surface area (TPSA) is 9.23 Å². The molecule has 0 heterocycles. The van der Waals surface area contributed by atoms with Crippen molar-refractivity contribution in [1.82, 2.24) is 0 Å². The van der Waals surface area contributed by atoms with Gasteiger partial charge in [0.15, 0.2) is 5.75 Å². The molecule has 0 bridgehead atoms. The minimum atomic E-state index is -4.75. The molecule has 1 aromatic rings. The van der Waals surface area contributed by atoms with Crippen molar-refractivity contribution < 1.29 is 26.7 Å². The van der Waals surface area contributed by atoms with Crippen molar-refractivity contribution in [2.24, 2.45) is 0 Å². The summed E-state index contributed by atoms with van der Waals surface area (Å²) in [6.07, 6.45) is -4.75. The highest BCUT2D eigenvalue weighted by atomic mass is 32.1. The highest BCUT2D eigenvalue weighted by Crippen LogP contribution is 2.39. The molecule has 0 N–H and O–H groups in total. The van der Waals surface area contributed by atoms with E-state index >= 15 is 0 Å². The molecule has 0 saturated carbocycles. The quantitative estimate of drug-likeness (QED) is 0.617. The highest BCUT2D eigenvalue weighted by molar-refractivity contribution is 7.80. The Morgan fingerprint density at radius 3 is 2.27 bits per heavy atom. The van der Waals surface area contributed by atoms with Gasteiger partial charge in [0.1, 0.15) is 0 Å². The normalized spacial score (nSPS) is 11.9. The zero-order valence-electron chi connectivity index (χ0n) is 7.05. The highest BCUT2D eigenvalue weighted by Gasteiger charge is 2.35. The van der Waals surface area contributed by atoms with Gasteiger partial charge in [-0.3, -0.25) is 0 Å². The fourth-order valence-electron chi connectivity index (χ4n) is 0.961. The third kappa shape index (κ3) is 2.98. The van der Waals surface area contributed by atoms with E-state index in [-0.39, 0.29) is 4.90 Å². The molecule has 1 nitrogen and oxygen atoms in total. The number of benzene rings is 1. The maximum atomic E-state index is 12.3. The summed E-state index contributed by atoms with van der Waals surface area (Å²) in [5.41, 5.74) is -1.27. The first kappa shape index (κ1) is 12.1. The standard InChI is InChI=1S/C8H5F5OS/c9-7(10)14-6-4(8(11,12)13)2-1-3-5(6)15/h1-3,7,15H. The summed E-state index contributed by atoms with van der Waals surface area (Å²) in [5, 5.41) is 0. The van der Waals surface area contributed by atoms with Gasteiger partial charge in [-0.1, -0.05) is 6.07 Å². The van der Waals surface area contributed by atoms with Gasteiger partial charge in [-0.05, 0) is 12.1 Å². The molecule has 0 aliphatic rings. The Labute approximate surface area is 87.3 Å². The first-order chi connectivity index (χ1) is 6.82. The number of alkyl halides is 5. The summed E-state index contributed by atoms with van der Waals surface area (Å²) >= 11 is 3.62. The van der Waals surface area contributed by atoms with Crippen LogP contribution in [-0.2, 0) is 6.18 Å². The summed E-state index contributed by atoms with van der Waals surface area (Å²) in [5.74, 6) is -0.955. The molecule has 7 heteroatoms. The molecule has 0 fully saturated rings. The van der Waals surface area contributed by atoms with Gasteiger partial charge in [0.2, 0.25) is 0 Å². The van der Waals surface area contributed by atoms with Crippen LogP contribution in [0.15, 0.2) is 23.1 Å². The fraction of sp³-hybridized carbons (Fsp3) is 0.250. The molecule has 0 aliphatic heterocycles. The van der Waals surface area contributed by atoms with E-state index in [0.717, 1.165) is 12.1 Å². The van der Waals surface area contributed by atoms with Crippen molar-refractivity contribution in [3.8, 4) is 5.75 Å². The van der Waals surface area contributed by atoms with Gasteiger partial charge in [-0.15, -0.1) is 12.6 Å². The Bertz CT molecular complexity index is 349. The molecule has 0 unspecified atom stereocenters. The number of hydrogen-bond acceptors (Lipinski definition) is 2. The molecule has 0 aliphatic carbocycles. The third-order valence-corrected chi connectivity index (χ3v) is 1.86. The Balaban J connectivity index is 3.21. The summed E-state index contributed by atoms with van der Waals surface area (Å²) < 4.78 is 64.4. The molecule has 84 valence electrons. The Hall–Kier alpha value is -0.980. The van der Waals surface area contributed by atoms with E-state index in [2.05, 4.69) is 17.4 Å². The van der Waals surface area contributed by atoms with Crippen LogP contribution in [0.2, 0.25) is 0 Å². The molecular formula is C8H5F5OS. The van der Waals surface area contributed by atoms with E-state index in [0.29, 0.717) is 6.07 Å². The lowest BCUT2D eigenvalue weighted by atomic mass is 10.2. The Morgan fingerprint density at radius 1 is 1.20 bits per heavy atom. The molecule has 15 heavy (non-hydrogen) atoms. The largest absolute Gasteiger partial charge is 0.433 e. The molecule has 0 aromatic heterocycles. The monoisotopic (exact) mass is 244 g/mol. The summed E-state index contributed by atoms with van der Waals surface area (Å²) in [7, 11) is 0. The molecule has 0 spiro atoms. The number of ether oxygens (including phenoxy) is 1. The molecule has 1 aromatic carbocycles. The van der Waals surface area contributed by atoms with Crippen molar-refractivity contribution in [3.05, 3.63) is 23.8 Å². The second-order valence-electron chi connectivity index (χ2n) is 2.53. The van der Waals surface area contributed by atoms with E-state index in [1.807, 2.05) is 0 Å². The van der Waals surface area contributed by atoms with E-state index in [1.54, 1.807) is 0 Å². The summed E-state index contributed by atoms with van der Waals surface area (Å²) in [4.78, 5) is -0.287. The second kappa shape index (κ2) is 4.26. The van der Waals surface area contributed by atoms with Gasteiger partial charge in [0.05, 0.1) is 5.56 Å². The average molecular weight is 244 g/mol. The number of halogens is 5. The number of para-hydroxylation sites is 1. The lowest BCUT2D eigenvalue weighted by Gasteiger charge is -2.14. The number of thiol groups is 1. The van der Waals surface area contributed by atoms with Crippen molar-refractivity contribution in [1.29, 1.82) is 0 Å². The lowest BCUT2D eigenvalue weighted by molar-refractivity contribution is -0.142. The maximum absolute atomic E-state index is 12.3. The molecule has 0 radical (unpaired) electrons. The van der Waals surface area contributed by atoms with Crippen LogP contribution < -0.4 is 4.74 Å². The summed E-state index contributed by atoms with van der Waals surface area (Å²) in [6, 6.07) is 2.84. The van der Waals surface area contributed by atoms with E-state index in [1.165, 1.54) is 0 Å². The van der Waals surface area contributed by atoms with Crippen molar-refractivity contribution >= 4 is 12.6 Å². The lowest BCUT2D eigenvalue weighted by Crippen LogP contribution is -2.11. The van der Waals surface area contributed by atoms with E-state index in [4.69, 9.17) is 0 Å². The van der Waals surface area contributed by atoms with Crippen LogP contribution in [0.1, 0.15) is 5.56 Å². The van der Waals surface area contributed by atoms with Crippen LogP contribution >= 0.6 is 12.6 Å². The maximum Gasteiger partial charge on any atom is 0.420 e.